The highest BCUT2D eigenvalue weighted by atomic mass is 15.0. The molecule has 16 heavy (non-hydrogen) atoms. The summed E-state index contributed by atoms with van der Waals surface area (Å²) in [5.41, 5.74) is 3.46. The van der Waals surface area contributed by atoms with E-state index in [1.54, 1.807) is 6.33 Å². The average molecular weight is 216 g/mol. The van der Waals surface area contributed by atoms with Gasteiger partial charge in [0.1, 0.15) is 0 Å². The van der Waals surface area contributed by atoms with Crippen LogP contribution in [0, 0.1) is 0 Å². The summed E-state index contributed by atoms with van der Waals surface area (Å²) in [6, 6.07) is 6.99. The Balaban J connectivity index is 1.68. The summed E-state index contributed by atoms with van der Waals surface area (Å²) >= 11 is 0. The number of benzene rings is 1. The summed E-state index contributed by atoms with van der Waals surface area (Å²) in [7, 11) is 0. The van der Waals surface area contributed by atoms with Crippen LogP contribution in [0.5, 0.6) is 0 Å². The number of hydrogen-bond donors (Lipinski definition) is 3. The molecule has 2 aromatic rings. The molecule has 1 saturated heterocycles. The van der Waals surface area contributed by atoms with Crippen LogP contribution in [-0.4, -0.2) is 29.1 Å². The molecule has 0 amide bonds. The number of imidazole rings is 1. The Labute approximate surface area is 94.5 Å². The third-order valence-corrected chi connectivity index (χ3v) is 3.14. The van der Waals surface area contributed by atoms with Crippen LogP contribution in [0.1, 0.15) is 12.0 Å². The monoisotopic (exact) mass is 216 g/mol. The van der Waals surface area contributed by atoms with Crippen molar-refractivity contribution in [3.05, 3.63) is 30.1 Å². The molecule has 3 rings (SSSR count). The van der Waals surface area contributed by atoms with E-state index >= 15 is 0 Å². The minimum absolute atomic E-state index is 0.623. The van der Waals surface area contributed by atoms with Crippen molar-refractivity contribution in [2.45, 2.75) is 19.0 Å². The Hall–Kier alpha value is -1.39. The lowest BCUT2D eigenvalue weighted by Gasteiger charge is -2.10. The number of hydrogen-bond acceptors (Lipinski definition) is 3. The van der Waals surface area contributed by atoms with Crippen molar-refractivity contribution < 1.29 is 0 Å². The van der Waals surface area contributed by atoms with Gasteiger partial charge in [0.2, 0.25) is 0 Å². The van der Waals surface area contributed by atoms with Gasteiger partial charge < -0.3 is 15.6 Å². The molecule has 2 heterocycles. The molecule has 0 aliphatic carbocycles. The molecule has 0 radical (unpaired) electrons. The van der Waals surface area contributed by atoms with Gasteiger partial charge in [0.15, 0.2) is 0 Å². The van der Waals surface area contributed by atoms with Gasteiger partial charge in [-0.1, -0.05) is 6.07 Å². The number of rotatable bonds is 3. The molecule has 0 bridgehead atoms. The third kappa shape index (κ3) is 1.94. The number of fused-ring (bicyclic) bond motifs is 1. The molecule has 84 valence electrons. The summed E-state index contributed by atoms with van der Waals surface area (Å²) in [6.45, 7) is 3.16. The van der Waals surface area contributed by atoms with Crippen LogP contribution in [0.15, 0.2) is 24.5 Å². The van der Waals surface area contributed by atoms with E-state index in [9.17, 15) is 0 Å². The summed E-state index contributed by atoms with van der Waals surface area (Å²) in [6.07, 6.45) is 2.97. The van der Waals surface area contributed by atoms with Crippen molar-refractivity contribution in [3.8, 4) is 0 Å². The Morgan fingerprint density at radius 1 is 1.44 bits per heavy atom. The maximum absolute atomic E-state index is 4.21. The van der Waals surface area contributed by atoms with Crippen LogP contribution < -0.4 is 10.6 Å². The SMILES string of the molecule is c1nc2ccc(CNC3CCNC3)cc2[nH]1. The van der Waals surface area contributed by atoms with Gasteiger partial charge in [-0.3, -0.25) is 0 Å². The Morgan fingerprint density at radius 2 is 2.44 bits per heavy atom. The minimum Gasteiger partial charge on any atom is -0.345 e. The average Bonchev–Trinajstić information content (AvgIpc) is 2.97. The molecule has 4 heteroatoms. The minimum atomic E-state index is 0.623. The van der Waals surface area contributed by atoms with E-state index in [4.69, 9.17) is 0 Å². The fraction of sp³-hybridized carbons (Fsp3) is 0.417. The summed E-state index contributed by atoms with van der Waals surface area (Å²) in [4.78, 5) is 7.35. The lowest BCUT2D eigenvalue weighted by atomic mass is 10.2. The molecule has 1 aromatic heterocycles. The first-order chi connectivity index (χ1) is 7.92. The van der Waals surface area contributed by atoms with Gasteiger partial charge in [0.25, 0.3) is 0 Å². The lowest BCUT2D eigenvalue weighted by molar-refractivity contribution is 0.547. The third-order valence-electron chi connectivity index (χ3n) is 3.14. The van der Waals surface area contributed by atoms with Crippen LogP contribution in [0.3, 0.4) is 0 Å². The zero-order chi connectivity index (χ0) is 10.8. The Kier molecular flexibility index (Phi) is 2.60. The van der Waals surface area contributed by atoms with E-state index in [0.717, 1.165) is 30.7 Å². The molecule has 1 atom stereocenters. The quantitative estimate of drug-likeness (QED) is 0.718. The highest BCUT2D eigenvalue weighted by Crippen LogP contribution is 2.11. The molecular weight excluding hydrogens is 200 g/mol. The summed E-state index contributed by atoms with van der Waals surface area (Å²) in [5, 5.41) is 6.91. The van der Waals surface area contributed by atoms with Crippen molar-refractivity contribution >= 4 is 11.0 Å². The van der Waals surface area contributed by atoms with E-state index in [0.29, 0.717) is 6.04 Å². The number of aromatic amines is 1. The van der Waals surface area contributed by atoms with E-state index in [1.807, 2.05) is 0 Å². The highest BCUT2D eigenvalue weighted by molar-refractivity contribution is 5.74. The summed E-state index contributed by atoms with van der Waals surface area (Å²) in [5.74, 6) is 0. The van der Waals surface area contributed by atoms with E-state index in [-0.39, 0.29) is 0 Å². The highest BCUT2D eigenvalue weighted by Gasteiger charge is 2.12. The molecule has 1 unspecified atom stereocenters. The zero-order valence-corrected chi connectivity index (χ0v) is 9.16. The van der Waals surface area contributed by atoms with Gasteiger partial charge in [-0.15, -0.1) is 0 Å². The van der Waals surface area contributed by atoms with E-state index in [1.165, 1.54) is 12.0 Å². The van der Waals surface area contributed by atoms with Crippen molar-refractivity contribution in [2.75, 3.05) is 13.1 Å². The second kappa shape index (κ2) is 4.23. The normalized spacial score (nSPS) is 20.6. The predicted octanol–water partition coefficient (Wildman–Crippen LogP) is 1.01. The molecule has 1 aliphatic rings. The van der Waals surface area contributed by atoms with Gasteiger partial charge in [0.05, 0.1) is 17.4 Å². The van der Waals surface area contributed by atoms with E-state index < -0.39 is 0 Å². The predicted molar refractivity (Wildman–Crippen MR) is 64.2 cm³/mol. The molecule has 1 aliphatic heterocycles. The Bertz CT molecular complexity index is 471. The molecular formula is C12H16N4. The molecule has 4 nitrogen and oxygen atoms in total. The fourth-order valence-corrected chi connectivity index (χ4v) is 2.18. The largest absolute Gasteiger partial charge is 0.345 e. The lowest BCUT2D eigenvalue weighted by Crippen LogP contribution is -2.30. The molecule has 1 aromatic carbocycles. The number of H-pyrrole nitrogens is 1. The van der Waals surface area contributed by atoms with Crippen molar-refractivity contribution in [3.63, 3.8) is 0 Å². The van der Waals surface area contributed by atoms with Crippen molar-refractivity contribution in [1.82, 2.24) is 20.6 Å². The smallest absolute Gasteiger partial charge is 0.0931 e. The first-order valence-corrected chi connectivity index (χ1v) is 5.78. The maximum atomic E-state index is 4.21. The van der Waals surface area contributed by atoms with Crippen LogP contribution in [0.4, 0.5) is 0 Å². The first kappa shape index (κ1) is 9.81. The summed E-state index contributed by atoms with van der Waals surface area (Å²) < 4.78 is 0. The van der Waals surface area contributed by atoms with E-state index in [2.05, 4.69) is 38.8 Å². The van der Waals surface area contributed by atoms with Gasteiger partial charge in [-0.05, 0) is 30.7 Å². The first-order valence-electron chi connectivity index (χ1n) is 5.78. The van der Waals surface area contributed by atoms with Crippen LogP contribution in [0.25, 0.3) is 11.0 Å². The van der Waals surface area contributed by atoms with Gasteiger partial charge in [-0.25, -0.2) is 4.98 Å². The van der Waals surface area contributed by atoms with Crippen molar-refractivity contribution in [1.29, 1.82) is 0 Å². The molecule has 1 fully saturated rings. The second-order valence-electron chi connectivity index (χ2n) is 4.32. The molecule has 0 saturated carbocycles. The zero-order valence-electron chi connectivity index (χ0n) is 9.16. The number of nitrogens with one attached hydrogen (secondary N) is 3. The molecule has 3 N–H and O–H groups in total. The maximum Gasteiger partial charge on any atom is 0.0931 e. The van der Waals surface area contributed by atoms with Gasteiger partial charge in [-0.2, -0.15) is 0 Å². The number of nitrogens with zero attached hydrogens (tertiary/aromatic N) is 1. The topological polar surface area (TPSA) is 52.7 Å². The van der Waals surface area contributed by atoms with Crippen LogP contribution in [-0.2, 0) is 6.54 Å². The van der Waals surface area contributed by atoms with Gasteiger partial charge >= 0.3 is 0 Å². The standard InChI is InChI=1S/C12H16N4/c1-2-11-12(16-8-15-11)5-9(1)6-14-10-3-4-13-7-10/h1-2,5,8,10,13-14H,3-4,6-7H2,(H,15,16). The molecule has 0 spiro atoms. The van der Waals surface area contributed by atoms with Crippen LogP contribution in [0.2, 0.25) is 0 Å². The number of aromatic nitrogens is 2. The Morgan fingerprint density at radius 3 is 3.31 bits per heavy atom. The fourth-order valence-electron chi connectivity index (χ4n) is 2.18. The van der Waals surface area contributed by atoms with Crippen molar-refractivity contribution in [2.24, 2.45) is 0 Å². The van der Waals surface area contributed by atoms with Crippen LogP contribution >= 0.6 is 0 Å². The van der Waals surface area contributed by atoms with Gasteiger partial charge in [0, 0.05) is 19.1 Å². The second-order valence-corrected chi connectivity index (χ2v) is 4.32.